The molecule has 0 aliphatic rings. The molecule has 150 valence electrons. The largest absolute Gasteiger partial charge is 0.456 e. The summed E-state index contributed by atoms with van der Waals surface area (Å²) in [6, 6.07) is 8.42. The van der Waals surface area contributed by atoms with E-state index in [0.29, 0.717) is 11.1 Å². The highest BCUT2D eigenvalue weighted by Gasteiger charge is 2.39. The van der Waals surface area contributed by atoms with Crippen LogP contribution in [0.2, 0.25) is 18.1 Å². The minimum atomic E-state index is -2.04. The lowest BCUT2D eigenvalue weighted by molar-refractivity contribution is -0.146. The van der Waals surface area contributed by atoms with E-state index in [2.05, 4.69) is 45.8 Å². The molecule has 0 spiro atoms. The maximum Gasteiger partial charge on any atom is 0.303 e. The predicted octanol–water partition coefficient (Wildman–Crippen LogP) is 4.31. The lowest BCUT2D eigenvalue weighted by atomic mass is 10.0. The molecule has 0 bridgehead atoms. The van der Waals surface area contributed by atoms with Gasteiger partial charge in [-0.1, -0.05) is 45.5 Å². The summed E-state index contributed by atoms with van der Waals surface area (Å²) in [6.45, 7) is 18.0. The van der Waals surface area contributed by atoms with Gasteiger partial charge in [-0.15, -0.1) is 0 Å². The molecule has 5 nitrogen and oxygen atoms in total. The summed E-state index contributed by atoms with van der Waals surface area (Å²) in [7, 11) is -2.04. The van der Waals surface area contributed by atoms with E-state index in [-0.39, 0.29) is 17.6 Å². The number of hydrogen-bond acceptors (Lipinski definition) is 4. The van der Waals surface area contributed by atoms with E-state index in [1.165, 1.54) is 6.92 Å². The molecule has 1 aromatic rings. The van der Waals surface area contributed by atoms with Crippen LogP contribution in [0.1, 0.15) is 45.0 Å². The lowest BCUT2D eigenvalue weighted by Gasteiger charge is -2.38. The van der Waals surface area contributed by atoms with Crippen molar-refractivity contribution in [3.8, 4) is 0 Å². The van der Waals surface area contributed by atoms with E-state index in [4.69, 9.17) is 9.16 Å². The molecule has 0 aromatic heterocycles. The second kappa shape index (κ2) is 9.33. The fraction of sp³-hybridized carbons (Fsp3) is 0.524. The van der Waals surface area contributed by atoms with Gasteiger partial charge in [-0.05, 0) is 42.8 Å². The molecule has 1 aromatic carbocycles. The zero-order valence-corrected chi connectivity index (χ0v) is 18.6. The van der Waals surface area contributed by atoms with Gasteiger partial charge in [-0.3, -0.25) is 9.59 Å². The van der Waals surface area contributed by atoms with Gasteiger partial charge in [0.1, 0.15) is 6.10 Å². The summed E-state index contributed by atoms with van der Waals surface area (Å²) < 4.78 is 11.7. The molecule has 0 heterocycles. The van der Waals surface area contributed by atoms with Gasteiger partial charge in [0.2, 0.25) is 0 Å². The molecule has 1 N–H and O–H groups in total. The zero-order valence-electron chi connectivity index (χ0n) is 17.6. The monoisotopic (exact) mass is 391 g/mol. The maximum absolute atomic E-state index is 12.7. The smallest absolute Gasteiger partial charge is 0.303 e. The third-order valence-corrected chi connectivity index (χ3v) is 9.43. The third kappa shape index (κ3) is 6.95. The SMILES string of the molecule is C=C(C)[C@H](OC(C)=O)[C@H](CO[Si](C)(C)C(C)(C)C)NC(=O)c1ccccc1. The first kappa shape index (κ1) is 23.1. The number of amides is 1. The number of ether oxygens (including phenoxy) is 1. The van der Waals surface area contributed by atoms with E-state index in [1.807, 2.05) is 6.07 Å². The highest BCUT2D eigenvalue weighted by molar-refractivity contribution is 6.74. The first-order valence-corrected chi connectivity index (χ1v) is 12.1. The van der Waals surface area contributed by atoms with Crippen LogP contribution in [0.15, 0.2) is 42.5 Å². The standard InChI is InChI=1S/C21H33NO4Si/c1-15(2)19(26-16(3)23)18(14-25-27(7,8)21(4,5)6)22-20(24)17-12-10-9-11-13-17/h9-13,18-19H,1,14H2,2-8H3,(H,22,24)/t18-,19-/m0/s1. The molecule has 2 atom stereocenters. The Balaban J connectivity index is 3.05. The molecule has 0 unspecified atom stereocenters. The molecule has 0 saturated carbocycles. The van der Waals surface area contributed by atoms with Gasteiger partial charge in [-0.2, -0.15) is 0 Å². The molecule has 0 fully saturated rings. The quantitative estimate of drug-likeness (QED) is 0.407. The summed E-state index contributed by atoms with van der Waals surface area (Å²) in [6.07, 6.45) is -0.653. The van der Waals surface area contributed by atoms with Crippen LogP contribution in [-0.4, -0.2) is 38.9 Å². The molecular formula is C21H33NO4Si. The molecule has 0 aliphatic heterocycles. The maximum atomic E-state index is 12.7. The molecule has 0 saturated heterocycles. The fourth-order valence-electron chi connectivity index (χ4n) is 2.27. The van der Waals surface area contributed by atoms with E-state index < -0.39 is 26.4 Å². The number of esters is 1. The summed E-state index contributed by atoms with van der Waals surface area (Å²) in [4.78, 5) is 24.2. The number of hydrogen-bond donors (Lipinski definition) is 1. The number of rotatable bonds is 8. The number of benzene rings is 1. The molecule has 1 rings (SSSR count). The van der Waals surface area contributed by atoms with Crippen LogP contribution in [0.25, 0.3) is 0 Å². The first-order chi connectivity index (χ1) is 12.3. The van der Waals surface area contributed by atoms with Gasteiger partial charge in [0.25, 0.3) is 5.91 Å². The minimum Gasteiger partial charge on any atom is -0.456 e. The average molecular weight is 392 g/mol. The van der Waals surface area contributed by atoms with Crippen LogP contribution in [0.5, 0.6) is 0 Å². The van der Waals surface area contributed by atoms with Crippen molar-refractivity contribution in [2.45, 2.75) is 64.9 Å². The topological polar surface area (TPSA) is 64.6 Å². The lowest BCUT2D eigenvalue weighted by Crippen LogP contribution is -2.52. The van der Waals surface area contributed by atoms with Gasteiger partial charge in [0.05, 0.1) is 12.6 Å². The van der Waals surface area contributed by atoms with E-state index >= 15 is 0 Å². The van der Waals surface area contributed by atoms with E-state index in [0.717, 1.165) is 0 Å². The Labute approximate surface area is 164 Å². The molecule has 0 aliphatic carbocycles. The number of carbonyl (C=O) groups excluding carboxylic acids is 2. The summed E-state index contributed by atoms with van der Waals surface area (Å²) >= 11 is 0. The number of nitrogens with one attached hydrogen (secondary N) is 1. The van der Waals surface area contributed by atoms with Crippen LogP contribution < -0.4 is 5.32 Å². The minimum absolute atomic E-state index is 0.0289. The van der Waals surface area contributed by atoms with Gasteiger partial charge in [-0.25, -0.2) is 0 Å². The Morgan fingerprint density at radius 1 is 1.15 bits per heavy atom. The van der Waals surface area contributed by atoms with Crippen LogP contribution in [0, 0.1) is 0 Å². The Kier molecular flexibility index (Phi) is 7.99. The van der Waals surface area contributed by atoms with Gasteiger partial charge in [0, 0.05) is 12.5 Å². The molecule has 0 radical (unpaired) electrons. The Bertz CT molecular complexity index is 665. The van der Waals surface area contributed by atoms with E-state index in [1.54, 1.807) is 31.2 Å². The summed E-state index contributed by atoms with van der Waals surface area (Å²) in [5.41, 5.74) is 1.19. The number of carbonyl (C=O) groups is 2. The molecule has 27 heavy (non-hydrogen) atoms. The second-order valence-corrected chi connectivity index (χ2v) is 13.2. The van der Waals surface area contributed by atoms with Crippen LogP contribution in [0.4, 0.5) is 0 Å². The van der Waals surface area contributed by atoms with Crippen molar-refractivity contribution in [2.75, 3.05) is 6.61 Å². The van der Waals surface area contributed by atoms with Crippen LogP contribution in [-0.2, 0) is 14.0 Å². The molecule has 6 heteroatoms. The molecule has 1 amide bonds. The van der Waals surface area contributed by atoms with Crippen molar-refractivity contribution in [1.29, 1.82) is 0 Å². The van der Waals surface area contributed by atoms with Gasteiger partial charge in [0.15, 0.2) is 8.32 Å². The second-order valence-electron chi connectivity index (χ2n) is 8.39. The zero-order chi connectivity index (χ0) is 20.8. The van der Waals surface area contributed by atoms with Crippen molar-refractivity contribution in [3.05, 3.63) is 48.0 Å². The summed E-state index contributed by atoms with van der Waals surface area (Å²) in [5, 5.41) is 2.99. The average Bonchev–Trinajstić information content (AvgIpc) is 2.55. The highest BCUT2D eigenvalue weighted by atomic mass is 28.4. The van der Waals surface area contributed by atoms with Gasteiger partial charge >= 0.3 is 5.97 Å². The van der Waals surface area contributed by atoms with Crippen LogP contribution in [0.3, 0.4) is 0 Å². The Hall–Kier alpha value is -1.92. The Morgan fingerprint density at radius 2 is 1.70 bits per heavy atom. The van der Waals surface area contributed by atoms with Crippen molar-refractivity contribution in [1.82, 2.24) is 5.32 Å². The predicted molar refractivity (Wildman–Crippen MR) is 111 cm³/mol. The first-order valence-electron chi connectivity index (χ1n) is 9.17. The highest BCUT2D eigenvalue weighted by Crippen LogP contribution is 2.36. The normalized spacial score (nSPS) is 14.2. The van der Waals surface area contributed by atoms with Crippen molar-refractivity contribution < 1.29 is 18.8 Å². The van der Waals surface area contributed by atoms with Gasteiger partial charge < -0.3 is 14.5 Å². The van der Waals surface area contributed by atoms with E-state index in [9.17, 15) is 9.59 Å². The van der Waals surface area contributed by atoms with Crippen molar-refractivity contribution >= 4 is 20.2 Å². The van der Waals surface area contributed by atoms with Crippen LogP contribution >= 0.6 is 0 Å². The molecular weight excluding hydrogens is 358 g/mol. The Morgan fingerprint density at radius 3 is 2.15 bits per heavy atom. The fourth-order valence-corrected chi connectivity index (χ4v) is 3.29. The third-order valence-electron chi connectivity index (χ3n) is 4.93. The van der Waals surface area contributed by atoms with Crippen molar-refractivity contribution in [2.24, 2.45) is 0 Å². The summed E-state index contributed by atoms with van der Waals surface area (Å²) in [5.74, 6) is -0.660. The van der Waals surface area contributed by atoms with Crippen molar-refractivity contribution in [3.63, 3.8) is 0 Å².